The predicted octanol–water partition coefficient (Wildman–Crippen LogP) is 5.88. The van der Waals surface area contributed by atoms with Gasteiger partial charge in [0.25, 0.3) is 5.91 Å². The van der Waals surface area contributed by atoms with E-state index in [0.29, 0.717) is 6.54 Å². The standard InChI is InChI=1S/C26H19NO/c28-26-24(17-21-16-15-20-11-5-2-6-12-22(20)21)23-13-7-8-14-25(23)27(26)18-19-9-3-1-4-10-19/h1-17H,18H2/b24-17-. The van der Waals surface area contributed by atoms with Crippen molar-refractivity contribution < 1.29 is 4.79 Å². The zero-order valence-corrected chi connectivity index (χ0v) is 15.4. The van der Waals surface area contributed by atoms with Gasteiger partial charge in [-0.3, -0.25) is 4.79 Å². The summed E-state index contributed by atoms with van der Waals surface area (Å²) >= 11 is 0. The van der Waals surface area contributed by atoms with Crippen LogP contribution in [0, 0.1) is 0 Å². The van der Waals surface area contributed by atoms with E-state index in [-0.39, 0.29) is 5.91 Å². The van der Waals surface area contributed by atoms with E-state index in [2.05, 4.69) is 36.4 Å². The van der Waals surface area contributed by atoms with E-state index in [9.17, 15) is 4.79 Å². The minimum Gasteiger partial charge on any atom is -0.303 e. The minimum absolute atomic E-state index is 0.0553. The third-order valence-corrected chi connectivity index (χ3v) is 5.27. The average molecular weight is 361 g/mol. The second kappa shape index (κ2) is 6.82. The van der Waals surface area contributed by atoms with Crippen molar-refractivity contribution in [2.24, 2.45) is 0 Å². The number of hydrogen-bond donors (Lipinski definition) is 0. The van der Waals surface area contributed by atoms with E-state index in [0.717, 1.165) is 33.5 Å². The first-order valence-corrected chi connectivity index (χ1v) is 9.46. The van der Waals surface area contributed by atoms with Crippen molar-refractivity contribution in [3.8, 4) is 11.1 Å². The molecule has 2 aliphatic carbocycles. The Morgan fingerprint density at radius 1 is 0.679 bits per heavy atom. The third kappa shape index (κ3) is 2.80. The fourth-order valence-corrected chi connectivity index (χ4v) is 3.89. The molecule has 0 N–H and O–H groups in total. The molecule has 0 saturated heterocycles. The molecule has 0 radical (unpaired) electrons. The summed E-state index contributed by atoms with van der Waals surface area (Å²) in [5.74, 6) is 0.0553. The Balaban J connectivity index is 1.59. The van der Waals surface area contributed by atoms with Crippen molar-refractivity contribution in [3.63, 3.8) is 0 Å². The molecule has 1 aliphatic heterocycles. The fourth-order valence-electron chi connectivity index (χ4n) is 3.89. The maximum Gasteiger partial charge on any atom is 0.259 e. The van der Waals surface area contributed by atoms with E-state index in [1.165, 1.54) is 5.56 Å². The van der Waals surface area contributed by atoms with Crippen LogP contribution in [0.4, 0.5) is 5.69 Å². The molecule has 5 rings (SSSR count). The van der Waals surface area contributed by atoms with E-state index >= 15 is 0 Å². The number of carbonyl (C=O) groups excluding carboxylic acids is 1. The number of hydrogen-bond acceptors (Lipinski definition) is 1. The molecule has 0 unspecified atom stereocenters. The molecule has 2 heteroatoms. The smallest absolute Gasteiger partial charge is 0.259 e. The number of amides is 1. The Morgan fingerprint density at radius 3 is 2.21 bits per heavy atom. The molecule has 1 amide bonds. The molecule has 0 fully saturated rings. The molecule has 134 valence electrons. The van der Waals surface area contributed by atoms with Gasteiger partial charge in [0.05, 0.1) is 12.2 Å². The van der Waals surface area contributed by atoms with Crippen LogP contribution in [0.3, 0.4) is 0 Å². The molecule has 0 atom stereocenters. The molecule has 0 aromatic heterocycles. The van der Waals surface area contributed by atoms with Crippen LogP contribution in [0.1, 0.15) is 16.7 Å². The summed E-state index contributed by atoms with van der Waals surface area (Å²) in [5.41, 5.74) is 7.26. The summed E-state index contributed by atoms with van der Waals surface area (Å²) in [7, 11) is 0. The van der Waals surface area contributed by atoms with Crippen molar-refractivity contribution in [2.45, 2.75) is 6.54 Å². The van der Waals surface area contributed by atoms with Gasteiger partial charge in [0.1, 0.15) is 0 Å². The molecule has 28 heavy (non-hydrogen) atoms. The van der Waals surface area contributed by atoms with Crippen LogP contribution in [0.25, 0.3) is 22.8 Å². The highest BCUT2D eigenvalue weighted by molar-refractivity contribution is 6.36. The maximum absolute atomic E-state index is 13.3. The van der Waals surface area contributed by atoms with Gasteiger partial charge in [-0.05, 0) is 34.4 Å². The molecule has 3 aliphatic rings. The highest BCUT2D eigenvalue weighted by Gasteiger charge is 2.32. The Bertz CT molecular complexity index is 1160. The molecular formula is C26H19NO. The van der Waals surface area contributed by atoms with Crippen molar-refractivity contribution in [1.82, 2.24) is 0 Å². The van der Waals surface area contributed by atoms with Crippen LogP contribution < -0.4 is 4.90 Å². The molecule has 2 nitrogen and oxygen atoms in total. The van der Waals surface area contributed by atoms with Crippen molar-refractivity contribution in [2.75, 3.05) is 4.90 Å². The van der Waals surface area contributed by atoms with Gasteiger partial charge in [0.2, 0.25) is 0 Å². The molecule has 1 heterocycles. The SMILES string of the molecule is O=C1/C(=C\c2ccc3cccccc2-3)c2ccccc2N1Cc1ccccc1. The predicted molar refractivity (Wildman–Crippen MR) is 115 cm³/mol. The van der Waals surface area contributed by atoms with Crippen LogP contribution in [0.5, 0.6) is 0 Å². The normalized spacial score (nSPS) is 14.6. The lowest BCUT2D eigenvalue weighted by Gasteiger charge is -2.17. The molecule has 0 bridgehead atoms. The van der Waals surface area contributed by atoms with E-state index in [4.69, 9.17) is 0 Å². The highest BCUT2D eigenvalue weighted by Crippen LogP contribution is 2.40. The van der Waals surface area contributed by atoms with E-state index in [1.807, 2.05) is 71.6 Å². The number of anilines is 1. The largest absolute Gasteiger partial charge is 0.303 e. The summed E-state index contributed by atoms with van der Waals surface area (Å²) in [6, 6.07) is 32.7. The number of benzene rings is 2. The Morgan fingerprint density at radius 2 is 1.36 bits per heavy atom. The van der Waals surface area contributed by atoms with Crippen LogP contribution in [-0.2, 0) is 11.3 Å². The monoisotopic (exact) mass is 361 g/mol. The zero-order chi connectivity index (χ0) is 18.9. The summed E-state index contributed by atoms with van der Waals surface area (Å²) < 4.78 is 0. The first-order chi connectivity index (χ1) is 13.8. The van der Waals surface area contributed by atoms with Gasteiger partial charge in [-0.2, -0.15) is 0 Å². The fraction of sp³-hybridized carbons (Fsp3) is 0.0385. The number of carbonyl (C=O) groups is 1. The van der Waals surface area contributed by atoms with Gasteiger partial charge in [0.15, 0.2) is 0 Å². The molecular weight excluding hydrogens is 342 g/mol. The van der Waals surface area contributed by atoms with Gasteiger partial charge in [-0.25, -0.2) is 0 Å². The lowest BCUT2D eigenvalue weighted by molar-refractivity contribution is -0.113. The number of rotatable bonds is 3. The van der Waals surface area contributed by atoms with Crippen LogP contribution >= 0.6 is 0 Å². The first-order valence-electron chi connectivity index (χ1n) is 9.46. The Labute approximate surface area is 164 Å². The second-order valence-electron chi connectivity index (χ2n) is 7.02. The van der Waals surface area contributed by atoms with Crippen molar-refractivity contribution >= 4 is 23.2 Å². The lowest BCUT2D eigenvalue weighted by Crippen LogP contribution is -2.25. The molecule has 2 aromatic carbocycles. The molecule has 0 saturated carbocycles. The van der Waals surface area contributed by atoms with Crippen molar-refractivity contribution in [3.05, 3.63) is 114 Å². The zero-order valence-electron chi connectivity index (χ0n) is 15.4. The molecule has 2 aromatic rings. The van der Waals surface area contributed by atoms with Crippen LogP contribution in [0.2, 0.25) is 0 Å². The van der Waals surface area contributed by atoms with Gasteiger partial charge < -0.3 is 4.90 Å². The first kappa shape index (κ1) is 16.5. The van der Waals surface area contributed by atoms with Crippen molar-refractivity contribution in [1.29, 1.82) is 0 Å². The van der Waals surface area contributed by atoms with Gasteiger partial charge in [-0.1, -0.05) is 91.0 Å². The minimum atomic E-state index is 0.0553. The summed E-state index contributed by atoms with van der Waals surface area (Å²) in [6.45, 7) is 0.574. The maximum atomic E-state index is 13.3. The average Bonchev–Trinajstić information content (AvgIpc) is 3.11. The topological polar surface area (TPSA) is 20.3 Å². The Hall–Kier alpha value is -3.65. The van der Waals surface area contributed by atoms with Crippen LogP contribution in [-0.4, -0.2) is 5.91 Å². The summed E-state index contributed by atoms with van der Waals surface area (Å²) in [4.78, 5) is 15.2. The summed E-state index contributed by atoms with van der Waals surface area (Å²) in [5, 5.41) is 0. The quantitative estimate of drug-likeness (QED) is 0.417. The van der Waals surface area contributed by atoms with E-state index < -0.39 is 0 Å². The number of fused-ring (bicyclic) bond motifs is 2. The lowest BCUT2D eigenvalue weighted by atomic mass is 10.0. The van der Waals surface area contributed by atoms with Crippen LogP contribution in [0.15, 0.2) is 97.1 Å². The van der Waals surface area contributed by atoms with Gasteiger partial charge in [0, 0.05) is 11.1 Å². The molecule has 0 spiro atoms. The summed E-state index contributed by atoms with van der Waals surface area (Å²) in [6.07, 6.45) is 2.04. The highest BCUT2D eigenvalue weighted by atomic mass is 16.2. The number of nitrogens with zero attached hydrogens (tertiary/aromatic N) is 1. The Kier molecular flexibility index (Phi) is 4.02. The third-order valence-electron chi connectivity index (χ3n) is 5.27. The van der Waals surface area contributed by atoms with Gasteiger partial charge >= 0.3 is 0 Å². The van der Waals surface area contributed by atoms with Gasteiger partial charge in [-0.15, -0.1) is 0 Å². The van der Waals surface area contributed by atoms with E-state index in [1.54, 1.807) is 0 Å². The number of para-hydroxylation sites is 1. The second-order valence-corrected chi connectivity index (χ2v) is 7.02.